The summed E-state index contributed by atoms with van der Waals surface area (Å²) in [5.74, 6) is 0. The molecule has 1 aliphatic heterocycles. The Bertz CT molecular complexity index is 2190. The predicted molar refractivity (Wildman–Crippen MR) is 200 cm³/mol. The van der Waals surface area contributed by atoms with Crippen molar-refractivity contribution < 1.29 is 22.7 Å². The summed E-state index contributed by atoms with van der Waals surface area (Å²) < 4.78 is 9.85. The second kappa shape index (κ2) is 14.3. The van der Waals surface area contributed by atoms with Crippen LogP contribution < -0.4 is 15.9 Å². The zero-order valence-electron chi connectivity index (χ0n) is 27.0. The van der Waals surface area contributed by atoms with Gasteiger partial charge in [0.05, 0.1) is 0 Å². The van der Waals surface area contributed by atoms with Gasteiger partial charge in [-0.3, -0.25) is 0 Å². The topological polar surface area (TPSA) is 35.0 Å². The van der Waals surface area contributed by atoms with Gasteiger partial charge in [-0.25, -0.2) is 0 Å². The Morgan fingerprint density at radius 1 is 0.667 bits per heavy atom. The number of allylic oxidation sites excluding steroid dienone is 5. The Kier molecular flexibility index (Phi) is 9.54. The summed E-state index contributed by atoms with van der Waals surface area (Å²) in [5.41, 5.74) is 9.25. The van der Waals surface area contributed by atoms with Crippen LogP contribution in [0.15, 0.2) is 162 Å². The van der Waals surface area contributed by atoms with E-state index in [9.17, 15) is 0 Å². The van der Waals surface area contributed by atoms with Gasteiger partial charge in [-0.15, -0.1) is 0 Å². The zero-order valence-corrected chi connectivity index (χ0v) is 30.4. The van der Waals surface area contributed by atoms with E-state index >= 15 is 0 Å². The maximum absolute atomic E-state index is 6.00. The molecule has 3 nitrogen and oxygen atoms in total. The molecule has 7 rings (SSSR count). The molecule has 0 amide bonds. The molecule has 0 radical (unpaired) electrons. The normalized spacial score (nSPS) is 15.8. The van der Waals surface area contributed by atoms with Gasteiger partial charge in [0.15, 0.2) is 0 Å². The van der Waals surface area contributed by atoms with Gasteiger partial charge >= 0.3 is 281 Å². The molecular weight excluding hydrogens is 782 g/mol. The van der Waals surface area contributed by atoms with E-state index in [-0.39, 0.29) is 0 Å². The van der Waals surface area contributed by atoms with Gasteiger partial charge in [-0.1, -0.05) is 6.08 Å². The van der Waals surface area contributed by atoms with Gasteiger partial charge in [-0.05, 0) is 6.92 Å². The third-order valence-corrected chi connectivity index (χ3v) is 14.2. The molecule has 0 saturated carbocycles. The quantitative estimate of drug-likeness (QED) is 0.119. The van der Waals surface area contributed by atoms with Gasteiger partial charge in [0.1, 0.15) is 0 Å². The minimum atomic E-state index is -2.45. The Morgan fingerprint density at radius 3 is 1.75 bits per heavy atom. The van der Waals surface area contributed by atoms with Crippen LogP contribution in [0.1, 0.15) is 25.0 Å². The van der Waals surface area contributed by atoms with Crippen LogP contribution in [0.2, 0.25) is 0 Å². The average molecular weight is 817 g/mol. The second-order valence-electron chi connectivity index (χ2n) is 11.7. The summed E-state index contributed by atoms with van der Waals surface area (Å²) in [4.78, 5) is 10.2. The molecule has 1 saturated heterocycles. The van der Waals surface area contributed by atoms with Crippen LogP contribution in [0.25, 0.3) is 33.7 Å². The van der Waals surface area contributed by atoms with Gasteiger partial charge in [0, 0.05) is 0 Å². The Balaban J connectivity index is 1.59. The summed E-state index contributed by atoms with van der Waals surface area (Å²) in [6.45, 7) is 5.31. The van der Waals surface area contributed by atoms with E-state index in [1.54, 1.807) is 17.9 Å². The molecule has 0 aliphatic carbocycles. The van der Waals surface area contributed by atoms with Crippen molar-refractivity contribution in [1.29, 1.82) is 0 Å². The number of aromatic nitrogens is 2. The van der Waals surface area contributed by atoms with Crippen molar-refractivity contribution in [3.63, 3.8) is 0 Å². The molecule has 1 aliphatic rings. The van der Waals surface area contributed by atoms with Gasteiger partial charge in [0.25, 0.3) is 0 Å². The third-order valence-electron chi connectivity index (χ3n) is 8.83. The summed E-state index contributed by atoms with van der Waals surface area (Å²) in [6.07, 6.45) is 8.65. The minimum absolute atomic E-state index is 0.572. The van der Waals surface area contributed by atoms with Gasteiger partial charge < -0.3 is 0 Å². The first-order chi connectivity index (χ1) is 23.6. The monoisotopic (exact) mass is 818 g/mol. The van der Waals surface area contributed by atoms with Crippen LogP contribution in [0.3, 0.4) is 0 Å². The molecule has 1 fully saturated rings. The molecule has 0 spiro atoms. The van der Waals surface area contributed by atoms with E-state index in [2.05, 4.69) is 157 Å². The molecule has 0 atom stereocenters. The zero-order chi connectivity index (χ0) is 32.9. The number of ether oxygens (including phenoxy) is 1. The van der Waals surface area contributed by atoms with Gasteiger partial charge in [-0.2, -0.15) is 0 Å². The molecule has 0 N–H and O–H groups in total. The molecule has 48 heavy (non-hydrogen) atoms. The number of rotatable bonds is 7. The van der Waals surface area contributed by atoms with E-state index in [0.29, 0.717) is 13.2 Å². The molecule has 5 heteroatoms. The van der Waals surface area contributed by atoms with Crippen molar-refractivity contribution in [2.45, 2.75) is 13.8 Å². The van der Waals surface area contributed by atoms with E-state index < -0.39 is 7.26 Å². The SMILES string of the molecule is CC=C1COCC1=CC(=C([C]#[Os])[P+](c1ccccc1)(c1ccccc1)c1ccccc1)c1ccc2nc3cc(/C=C/C)ccc3nc2c1. The fourth-order valence-electron chi connectivity index (χ4n) is 6.55. The first kappa shape index (κ1) is 32.0. The van der Waals surface area contributed by atoms with Crippen LogP contribution in [-0.2, 0) is 22.7 Å². The number of benzene rings is 5. The summed E-state index contributed by atoms with van der Waals surface area (Å²) in [5, 5.41) is 5.03. The van der Waals surface area contributed by atoms with Crippen LogP contribution in [0.4, 0.5) is 0 Å². The Labute approximate surface area is 292 Å². The molecular formula is C43H35N2OOsP+. The van der Waals surface area contributed by atoms with E-state index in [1.807, 2.05) is 13.0 Å². The van der Waals surface area contributed by atoms with Crippen molar-refractivity contribution in [2.24, 2.45) is 0 Å². The fraction of sp³-hybridized carbons (Fsp3) is 0.0930. The number of hydrogen-bond acceptors (Lipinski definition) is 3. The standard InChI is InChI=1S/C43H35N2OP.Os/c1-4-15-32-22-24-40-42(26-32)44-41-25-23-34(28-43(41)45-40)39(27-35-30-46-29-33(35)5-2)31(3)47(36-16-9-6-10-17-36,37-18-11-7-12-19-37)38-20-13-8-14-21-38;/h4-28H,29-30H2,1-2H3;/q+1;/b15-4+,33-5?,35-27?,39-31?;. The summed E-state index contributed by atoms with van der Waals surface area (Å²) in [6, 6.07) is 45.7. The second-order valence-corrected chi connectivity index (χ2v) is 15.7. The molecule has 5 aromatic carbocycles. The Morgan fingerprint density at radius 2 is 1.21 bits per heavy atom. The predicted octanol–water partition coefficient (Wildman–Crippen LogP) is 8.93. The van der Waals surface area contributed by atoms with Crippen LogP contribution in [-0.4, -0.2) is 23.2 Å². The number of hydrogen-bond donors (Lipinski definition) is 0. The van der Waals surface area contributed by atoms with E-state index in [1.165, 1.54) is 32.4 Å². The summed E-state index contributed by atoms with van der Waals surface area (Å²) >= 11 is 1.80. The van der Waals surface area contributed by atoms with E-state index in [4.69, 9.17) is 14.7 Å². The van der Waals surface area contributed by atoms with Crippen LogP contribution in [0, 0.1) is 4.37 Å². The molecule has 235 valence electrons. The molecule has 1 aromatic heterocycles. The molecule has 0 unspecified atom stereocenters. The van der Waals surface area contributed by atoms with Crippen molar-refractivity contribution >= 4 is 56.9 Å². The summed E-state index contributed by atoms with van der Waals surface area (Å²) in [7, 11) is -2.45. The Hall–Kier alpha value is -4.53. The number of nitrogens with zero attached hydrogens (tertiary/aromatic N) is 2. The van der Waals surface area contributed by atoms with Crippen molar-refractivity contribution in [2.75, 3.05) is 13.2 Å². The third kappa shape index (κ3) is 5.99. The first-order valence-corrected chi connectivity index (χ1v) is 19.2. The van der Waals surface area contributed by atoms with Crippen molar-refractivity contribution in [3.8, 4) is 4.37 Å². The van der Waals surface area contributed by atoms with Crippen molar-refractivity contribution in [1.82, 2.24) is 9.97 Å². The van der Waals surface area contributed by atoms with E-state index in [0.717, 1.165) is 38.8 Å². The van der Waals surface area contributed by atoms with Gasteiger partial charge in [0.2, 0.25) is 0 Å². The van der Waals surface area contributed by atoms with Crippen molar-refractivity contribution in [3.05, 3.63) is 173 Å². The van der Waals surface area contributed by atoms with Crippen LogP contribution >= 0.6 is 7.26 Å². The molecule has 6 aromatic rings. The molecule has 0 bridgehead atoms. The average Bonchev–Trinajstić information content (AvgIpc) is 3.60. The fourth-order valence-corrected chi connectivity index (χ4v) is 12.4. The maximum atomic E-state index is 6.00. The van der Waals surface area contributed by atoms with Crippen LogP contribution in [0.5, 0.6) is 0 Å². The first-order valence-electron chi connectivity index (χ1n) is 16.1. The molecule has 2 heterocycles. The number of fused-ring (bicyclic) bond motifs is 2.